The zero-order valence-electron chi connectivity index (χ0n) is 27.6. The number of nitrogens with zero attached hydrogens (tertiary/aromatic N) is 8. The molecule has 51 heavy (non-hydrogen) atoms. The second-order valence-corrected chi connectivity index (χ2v) is 12.9. The normalized spacial score (nSPS) is 19.1. The minimum atomic E-state index is -4.61. The number of alkyl halides is 3. The Balaban J connectivity index is 1.27. The zero-order valence-corrected chi connectivity index (χ0v) is 28.3. The van der Waals surface area contributed by atoms with E-state index in [1.165, 1.54) is 10.8 Å². The Hall–Kier alpha value is -5.03. The van der Waals surface area contributed by atoms with Gasteiger partial charge >= 0.3 is 6.18 Å². The van der Waals surface area contributed by atoms with Crippen LogP contribution in [0.15, 0.2) is 35.4 Å². The quantitative estimate of drug-likeness (QED) is 0.286. The summed E-state index contributed by atoms with van der Waals surface area (Å²) in [5.41, 5.74) is 0.381. The van der Waals surface area contributed by atoms with E-state index in [4.69, 9.17) is 21.3 Å². The number of rotatable bonds is 7. The number of anilines is 2. The van der Waals surface area contributed by atoms with Crippen LogP contribution in [-0.4, -0.2) is 89.3 Å². The highest BCUT2D eigenvalue weighted by atomic mass is 35.5. The van der Waals surface area contributed by atoms with Crippen LogP contribution in [0.1, 0.15) is 59.5 Å². The molecule has 2 fully saturated rings. The number of aromatic hydroxyl groups is 1. The highest BCUT2D eigenvalue weighted by Gasteiger charge is 2.47. The second-order valence-electron chi connectivity index (χ2n) is 12.5. The lowest BCUT2D eigenvalue weighted by atomic mass is 9.81. The summed E-state index contributed by atoms with van der Waals surface area (Å²) in [6, 6.07) is 2.12. The van der Waals surface area contributed by atoms with E-state index >= 15 is 0 Å². The van der Waals surface area contributed by atoms with E-state index < -0.39 is 29.1 Å². The lowest BCUT2D eigenvalue weighted by Gasteiger charge is -2.54. The Morgan fingerprint density at radius 1 is 1.16 bits per heavy atom. The predicted octanol–water partition coefficient (Wildman–Crippen LogP) is 3.87. The molecule has 4 aromatic rings. The molecule has 0 spiro atoms. The van der Waals surface area contributed by atoms with Crippen molar-refractivity contribution >= 4 is 46.1 Å². The molecule has 18 heteroatoms. The third-order valence-corrected chi connectivity index (χ3v) is 9.94. The van der Waals surface area contributed by atoms with Gasteiger partial charge in [-0.05, 0) is 56.4 Å². The summed E-state index contributed by atoms with van der Waals surface area (Å²) in [6.45, 7) is 4.36. The van der Waals surface area contributed by atoms with Crippen molar-refractivity contribution in [3.63, 3.8) is 0 Å². The van der Waals surface area contributed by atoms with Gasteiger partial charge in [0.25, 0.3) is 11.5 Å². The van der Waals surface area contributed by atoms with Gasteiger partial charge in [0.1, 0.15) is 18.6 Å². The van der Waals surface area contributed by atoms with Crippen molar-refractivity contribution in [1.82, 2.24) is 34.0 Å². The Morgan fingerprint density at radius 3 is 2.61 bits per heavy atom. The number of aromatic nitrogens is 6. The smallest absolute Gasteiger partial charge is 0.416 e. The highest BCUT2D eigenvalue weighted by Crippen LogP contribution is 2.39. The standard InChI is InChI=1S/C33H33ClF3N9O5/c1-3-22-27(43-10-11-44(24-7-6-23(24)43)30(49)26-28(48)17(2)38-16-39-26)31(50)46-32(41-29(42-46)18-8-12-51-13-9-18)45(22)15-25(47)40-21-5-4-19(14-20(21)34)33(35,36)37/h4-5,8,14,16,23-24,48H,3,6-7,9-13,15H2,1-2H3,(H,40,47)/t23-,24+/m0/s1. The predicted molar refractivity (Wildman–Crippen MR) is 179 cm³/mol. The average molecular weight is 728 g/mol. The molecule has 5 heterocycles. The molecule has 0 unspecified atom stereocenters. The van der Waals surface area contributed by atoms with E-state index in [1.54, 1.807) is 16.4 Å². The van der Waals surface area contributed by atoms with Gasteiger partial charge in [-0.2, -0.15) is 22.7 Å². The van der Waals surface area contributed by atoms with Crippen molar-refractivity contribution in [3.05, 3.63) is 74.4 Å². The molecule has 2 amide bonds. The van der Waals surface area contributed by atoms with Gasteiger partial charge in [0.15, 0.2) is 17.3 Å². The van der Waals surface area contributed by atoms with Crippen LogP contribution in [0, 0.1) is 6.92 Å². The van der Waals surface area contributed by atoms with E-state index in [0.29, 0.717) is 56.1 Å². The molecule has 1 saturated heterocycles. The number of hydrogen-bond donors (Lipinski definition) is 2. The number of fused-ring (bicyclic) bond motifs is 2. The maximum Gasteiger partial charge on any atom is 0.416 e. The molecule has 3 aromatic heterocycles. The molecule has 1 saturated carbocycles. The summed E-state index contributed by atoms with van der Waals surface area (Å²) in [5.74, 6) is -0.897. The topological polar surface area (TPSA) is 160 Å². The Labute approximate surface area is 293 Å². The SMILES string of the molecule is CCc1c(N2CCN(C(=O)c3ncnc(C)c3O)[C@@H]3CC[C@@H]32)c(=O)n2nc(C3=CCOCC3)nc2n1CC(=O)Nc1ccc(C(F)(F)F)cc1Cl. The van der Waals surface area contributed by atoms with Gasteiger partial charge < -0.3 is 29.5 Å². The summed E-state index contributed by atoms with van der Waals surface area (Å²) in [5, 5.41) is 17.4. The number of halogens is 4. The molecule has 0 bridgehead atoms. The van der Waals surface area contributed by atoms with Crippen molar-refractivity contribution in [3.8, 4) is 5.75 Å². The average Bonchev–Trinajstić information content (AvgIpc) is 3.54. The van der Waals surface area contributed by atoms with Gasteiger partial charge in [-0.1, -0.05) is 24.6 Å². The van der Waals surface area contributed by atoms with Crippen LogP contribution >= 0.6 is 11.6 Å². The van der Waals surface area contributed by atoms with Gasteiger partial charge in [-0.3, -0.25) is 14.4 Å². The van der Waals surface area contributed by atoms with Crippen molar-refractivity contribution in [2.45, 2.75) is 64.3 Å². The number of aryl methyl sites for hydroxylation is 1. The van der Waals surface area contributed by atoms with Crippen LogP contribution in [0.4, 0.5) is 24.5 Å². The van der Waals surface area contributed by atoms with Crippen molar-refractivity contribution in [2.75, 3.05) is 36.5 Å². The summed E-state index contributed by atoms with van der Waals surface area (Å²) >= 11 is 6.14. The summed E-state index contributed by atoms with van der Waals surface area (Å²) in [6.07, 6.45) is 0.611. The first-order valence-corrected chi connectivity index (χ1v) is 16.8. The fourth-order valence-corrected chi connectivity index (χ4v) is 7.15. The second kappa shape index (κ2) is 13.3. The fourth-order valence-electron chi connectivity index (χ4n) is 6.92. The summed E-state index contributed by atoms with van der Waals surface area (Å²) < 4.78 is 47.9. The molecule has 7 rings (SSSR count). The first-order chi connectivity index (χ1) is 24.4. The van der Waals surface area contributed by atoms with Gasteiger partial charge in [-0.15, -0.1) is 5.10 Å². The lowest BCUT2D eigenvalue weighted by molar-refractivity contribution is -0.137. The Bertz CT molecular complexity index is 2150. The van der Waals surface area contributed by atoms with Crippen molar-refractivity contribution in [2.24, 2.45) is 0 Å². The first kappa shape index (κ1) is 34.4. The third-order valence-electron chi connectivity index (χ3n) is 9.62. The summed E-state index contributed by atoms with van der Waals surface area (Å²) in [4.78, 5) is 57.9. The number of carbonyl (C=O) groups is 2. The number of ether oxygens (including phenoxy) is 1. The molecule has 0 radical (unpaired) electrons. The number of hydrogen-bond acceptors (Lipinski definition) is 10. The van der Waals surface area contributed by atoms with Crippen molar-refractivity contribution < 1.29 is 32.6 Å². The first-order valence-electron chi connectivity index (χ1n) is 16.4. The van der Waals surface area contributed by atoms with E-state index in [2.05, 4.69) is 20.4 Å². The maximum atomic E-state index is 14.4. The molecule has 2 atom stereocenters. The van der Waals surface area contributed by atoms with E-state index in [0.717, 1.165) is 23.8 Å². The molecule has 1 aromatic carbocycles. The Kier molecular flexibility index (Phi) is 8.95. The van der Waals surface area contributed by atoms with Crippen molar-refractivity contribution in [1.29, 1.82) is 0 Å². The van der Waals surface area contributed by atoms with Gasteiger partial charge in [0.2, 0.25) is 11.7 Å². The molecule has 1 aliphatic carbocycles. The van der Waals surface area contributed by atoms with Crippen LogP contribution < -0.4 is 15.8 Å². The van der Waals surface area contributed by atoms with Gasteiger partial charge in [0.05, 0.1) is 46.9 Å². The molecule has 14 nitrogen and oxygen atoms in total. The molecule has 2 aliphatic heterocycles. The minimum absolute atomic E-state index is 0.0115. The monoisotopic (exact) mass is 727 g/mol. The number of nitrogens with one attached hydrogen (secondary N) is 1. The lowest BCUT2D eigenvalue weighted by Crippen LogP contribution is -2.67. The van der Waals surface area contributed by atoms with Crippen LogP contribution in [0.3, 0.4) is 0 Å². The molecular formula is C33H33ClF3N9O5. The van der Waals surface area contributed by atoms with Crippen LogP contribution in [0.2, 0.25) is 5.02 Å². The summed E-state index contributed by atoms with van der Waals surface area (Å²) in [7, 11) is 0. The maximum absolute atomic E-state index is 14.4. The van der Waals surface area contributed by atoms with Crippen LogP contribution in [0.25, 0.3) is 11.4 Å². The molecular weight excluding hydrogens is 695 g/mol. The highest BCUT2D eigenvalue weighted by molar-refractivity contribution is 6.33. The third kappa shape index (κ3) is 6.17. The minimum Gasteiger partial charge on any atom is -0.504 e. The number of piperazine rings is 1. The number of benzene rings is 1. The molecule has 3 aliphatic rings. The molecule has 2 N–H and O–H groups in total. The van der Waals surface area contributed by atoms with Crippen LogP contribution in [0.5, 0.6) is 5.75 Å². The molecule has 268 valence electrons. The Morgan fingerprint density at radius 2 is 1.94 bits per heavy atom. The zero-order chi connectivity index (χ0) is 36.2. The largest absolute Gasteiger partial charge is 0.504 e. The van der Waals surface area contributed by atoms with Crippen LogP contribution in [-0.2, 0) is 28.7 Å². The number of amides is 2. The number of carbonyl (C=O) groups excluding carboxylic acids is 2. The van der Waals surface area contributed by atoms with Gasteiger partial charge in [-0.25, -0.2) is 9.97 Å². The fraction of sp³-hybridized carbons (Fsp3) is 0.424. The van der Waals surface area contributed by atoms with E-state index in [-0.39, 0.29) is 65.3 Å². The van der Waals surface area contributed by atoms with E-state index in [1.807, 2.05) is 17.9 Å². The van der Waals surface area contributed by atoms with Gasteiger partial charge in [0, 0.05) is 19.1 Å². The van der Waals surface area contributed by atoms with E-state index in [9.17, 15) is 32.7 Å².